The average molecular weight is 541 g/mol. The Morgan fingerprint density at radius 2 is 1.31 bits per heavy atom. The molecule has 0 amide bonds. The maximum atomic E-state index is 14.8. The van der Waals surface area contributed by atoms with E-state index in [9.17, 15) is 4.39 Å². The Kier molecular flexibility index (Phi) is 9.68. The molecule has 0 saturated heterocycles. The Morgan fingerprint density at radius 1 is 0.744 bits per heavy atom. The summed E-state index contributed by atoms with van der Waals surface area (Å²) in [6, 6.07) is 29.0. The van der Waals surface area contributed by atoms with Crippen molar-refractivity contribution >= 4 is 18.7 Å². The fourth-order valence-electron chi connectivity index (χ4n) is 5.29. The van der Waals surface area contributed by atoms with Gasteiger partial charge in [-0.3, -0.25) is 4.98 Å². The van der Waals surface area contributed by atoms with E-state index in [1.54, 1.807) is 6.20 Å². The smallest absolute Gasteiger partial charge is 0.319 e. The molecular weight excluding hydrogens is 499 g/mol. The fourth-order valence-corrected chi connectivity index (χ4v) is 9.71. The van der Waals surface area contributed by atoms with Crippen LogP contribution in [-0.4, -0.2) is 18.3 Å². The van der Waals surface area contributed by atoms with Crippen molar-refractivity contribution in [2.75, 3.05) is 0 Å². The van der Waals surface area contributed by atoms with Crippen LogP contribution in [0.2, 0.25) is 5.04 Å². The summed E-state index contributed by atoms with van der Waals surface area (Å²) in [5.41, 5.74) is 1.82. The van der Waals surface area contributed by atoms with Gasteiger partial charge < -0.3 is 4.43 Å². The minimum Gasteiger partial charge on any atom is -0.534 e. The third-order valence-corrected chi connectivity index (χ3v) is 12.4. The molecule has 4 aromatic rings. The van der Waals surface area contributed by atoms with Gasteiger partial charge in [0.15, 0.2) is 0 Å². The van der Waals surface area contributed by atoms with Crippen LogP contribution in [0.1, 0.15) is 71.9 Å². The molecule has 0 radical (unpaired) electrons. The molecule has 0 aliphatic rings. The first-order chi connectivity index (χ1) is 18.8. The summed E-state index contributed by atoms with van der Waals surface area (Å²) in [7, 11) is -2.72. The van der Waals surface area contributed by atoms with Crippen LogP contribution in [0.3, 0.4) is 0 Å². The van der Waals surface area contributed by atoms with Gasteiger partial charge in [0.25, 0.3) is 0 Å². The molecule has 204 valence electrons. The quantitative estimate of drug-likeness (QED) is 0.134. The van der Waals surface area contributed by atoms with Gasteiger partial charge in [0.2, 0.25) is 5.95 Å². The summed E-state index contributed by atoms with van der Waals surface area (Å²) in [5, 5.41) is 2.32. The number of hydrogen-bond acceptors (Lipinski definition) is 3. The lowest BCUT2D eigenvalue weighted by atomic mass is 10.1. The number of aromatic nitrogens is 2. The molecular formula is C34H41FN2OSi. The number of benzene rings is 3. The SMILES string of the molecule is CCCCCCCCc1ncc(-c2ccc(O[Si](c3ccccc3)(c3ccccc3)C(C)(C)C)cc2)nc1F. The number of nitrogens with zero attached hydrogens (tertiary/aromatic N) is 2. The lowest BCUT2D eigenvalue weighted by Gasteiger charge is -2.43. The van der Waals surface area contributed by atoms with E-state index < -0.39 is 14.3 Å². The Bertz CT molecular complexity index is 1270. The monoisotopic (exact) mass is 540 g/mol. The van der Waals surface area contributed by atoms with Crippen LogP contribution in [0.25, 0.3) is 11.3 Å². The third-order valence-electron chi connectivity index (χ3n) is 7.40. The molecule has 3 aromatic carbocycles. The van der Waals surface area contributed by atoms with Gasteiger partial charge in [0.05, 0.1) is 17.6 Å². The van der Waals surface area contributed by atoms with Gasteiger partial charge in [0, 0.05) is 5.56 Å². The highest BCUT2D eigenvalue weighted by Gasteiger charge is 2.52. The van der Waals surface area contributed by atoms with E-state index in [0.29, 0.717) is 17.8 Å². The first-order valence-electron chi connectivity index (χ1n) is 14.3. The van der Waals surface area contributed by atoms with E-state index in [2.05, 4.69) is 86.2 Å². The fraction of sp³-hybridized carbons (Fsp3) is 0.353. The molecule has 0 saturated carbocycles. The molecule has 0 bridgehead atoms. The van der Waals surface area contributed by atoms with Crippen LogP contribution >= 0.6 is 0 Å². The lowest BCUT2D eigenvalue weighted by molar-refractivity contribution is 0.508. The zero-order valence-corrected chi connectivity index (χ0v) is 24.8. The largest absolute Gasteiger partial charge is 0.534 e. The Labute approximate surface area is 234 Å². The van der Waals surface area contributed by atoms with Crippen molar-refractivity contribution in [2.24, 2.45) is 0 Å². The van der Waals surface area contributed by atoms with E-state index in [1.807, 2.05) is 36.4 Å². The standard InChI is InChI=1S/C34H41FN2OSi/c1-5-6-7-8-9-16-21-31-33(35)37-32(26-36-31)27-22-24-28(25-23-27)38-39(34(2,3)4,29-17-12-10-13-18-29)30-19-14-11-15-20-30/h10-15,17-20,22-26H,5-9,16,21H2,1-4H3. The van der Waals surface area contributed by atoms with Gasteiger partial charge in [0.1, 0.15) is 5.75 Å². The molecule has 0 fully saturated rings. The number of halogens is 1. The molecule has 0 unspecified atom stereocenters. The van der Waals surface area contributed by atoms with Crippen molar-refractivity contribution in [1.82, 2.24) is 9.97 Å². The summed E-state index contributed by atoms with van der Waals surface area (Å²) in [4.78, 5) is 8.67. The molecule has 0 spiro atoms. The molecule has 39 heavy (non-hydrogen) atoms. The molecule has 0 aliphatic carbocycles. The van der Waals surface area contributed by atoms with E-state index >= 15 is 0 Å². The summed E-state index contributed by atoms with van der Waals surface area (Å²) in [6.07, 6.45) is 9.32. The predicted octanol–water partition coefficient (Wildman–Crippen LogP) is 8.12. The van der Waals surface area contributed by atoms with Crippen LogP contribution in [0.5, 0.6) is 5.75 Å². The Balaban J connectivity index is 1.56. The highest BCUT2D eigenvalue weighted by molar-refractivity contribution is 7.00. The average Bonchev–Trinajstić information content (AvgIpc) is 2.95. The molecule has 0 N–H and O–H groups in total. The van der Waals surface area contributed by atoms with Gasteiger partial charge >= 0.3 is 8.32 Å². The Morgan fingerprint density at radius 3 is 1.85 bits per heavy atom. The van der Waals surface area contributed by atoms with Crippen LogP contribution in [0, 0.1) is 5.95 Å². The van der Waals surface area contributed by atoms with Crippen LogP contribution in [0.4, 0.5) is 4.39 Å². The summed E-state index contributed by atoms with van der Waals surface area (Å²) >= 11 is 0. The van der Waals surface area contributed by atoms with Crippen molar-refractivity contribution in [1.29, 1.82) is 0 Å². The maximum absolute atomic E-state index is 14.8. The second kappa shape index (κ2) is 13.2. The maximum Gasteiger partial charge on any atom is 0.319 e. The summed E-state index contributed by atoms with van der Waals surface area (Å²) in [5.74, 6) is 0.329. The topological polar surface area (TPSA) is 35.0 Å². The molecule has 3 nitrogen and oxygen atoms in total. The molecule has 4 rings (SSSR count). The van der Waals surface area contributed by atoms with Crippen LogP contribution in [-0.2, 0) is 6.42 Å². The molecule has 0 atom stereocenters. The van der Waals surface area contributed by atoms with Crippen molar-refractivity contribution in [2.45, 2.75) is 77.7 Å². The number of hydrogen-bond donors (Lipinski definition) is 0. The first kappa shape index (κ1) is 28.7. The van der Waals surface area contributed by atoms with Gasteiger partial charge in [-0.25, -0.2) is 4.98 Å². The van der Waals surface area contributed by atoms with Crippen LogP contribution < -0.4 is 14.8 Å². The van der Waals surface area contributed by atoms with Gasteiger partial charge in [-0.05, 0) is 52.5 Å². The normalized spacial score (nSPS) is 11.9. The van der Waals surface area contributed by atoms with Crippen molar-refractivity contribution in [3.63, 3.8) is 0 Å². The second-order valence-corrected chi connectivity index (χ2v) is 15.5. The second-order valence-electron chi connectivity index (χ2n) is 11.3. The van der Waals surface area contributed by atoms with Crippen molar-refractivity contribution in [3.8, 4) is 17.0 Å². The van der Waals surface area contributed by atoms with E-state index in [4.69, 9.17) is 4.43 Å². The van der Waals surface area contributed by atoms with Crippen molar-refractivity contribution in [3.05, 3.63) is 103 Å². The highest BCUT2D eigenvalue weighted by atomic mass is 28.4. The molecule has 1 aromatic heterocycles. The molecule has 0 aliphatic heterocycles. The van der Waals surface area contributed by atoms with Gasteiger partial charge in [-0.15, -0.1) is 0 Å². The zero-order chi connectivity index (χ0) is 27.7. The molecule has 5 heteroatoms. The minimum absolute atomic E-state index is 0.130. The van der Waals surface area contributed by atoms with E-state index in [0.717, 1.165) is 24.2 Å². The van der Waals surface area contributed by atoms with Crippen LogP contribution in [0.15, 0.2) is 91.1 Å². The summed E-state index contributed by atoms with van der Waals surface area (Å²) in [6.45, 7) is 9.00. The summed E-state index contributed by atoms with van der Waals surface area (Å²) < 4.78 is 21.9. The van der Waals surface area contributed by atoms with Crippen molar-refractivity contribution < 1.29 is 8.82 Å². The Hall–Kier alpha value is -3.31. The highest BCUT2D eigenvalue weighted by Crippen LogP contribution is 2.38. The van der Waals surface area contributed by atoms with E-state index in [-0.39, 0.29) is 5.04 Å². The predicted molar refractivity (Wildman–Crippen MR) is 163 cm³/mol. The molecule has 1 heterocycles. The zero-order valence-electron chi connectivity index (χ0n) is 23.8. The van der Waals surface area contributed by atoms with Gasteiger partial charge in [-0.1, -0.05) is 120 Å². The van der Waals surface area contributed by atoms with E-state index in [1.165, 1.54) is 36.1 Å². The number of aryl methyl sites for hydroxylation is 1. The minimum atomic E-state index is -2.72. The van der Waals surface area contributed by atoms with Gasteiger partial charge in [-0.2, -0.15) is 4.39 Å². The number of rotatable bonds is 12. The first-order valence-corrected chi connectivity index (χ1v) is 16.2. The third kappa shape index (κ3) is 6.83. The lowest BCUT2D eigenvalue weighted by Crippen LogP contribution is -2.68. The number of unbranched alkanes of at least 4 members (excludes halogenated alkanes) is 5.